The van der Waals surface area contributed by atoms with Crippen molar-refractivity contribution in [2.75, 3.05) is 18.8 Å². The maximum atomic E-state index is 12.0. The number of nitrogens with two attached hydrogens (primary N) is 1. The Morgan fingerprint density at radius 1 is 1.33 bits per heavy atom. The van der Waals surface area contributed by atoms with E-state index in [1.165, 1.54) is 6.08 Å². The number of hydrogen-bond acceptors (Lipinski definition) is 5. The second kappa shape index (κ2) is 8.26. The molecule has 166 valence electrons. The average molecular weight is 460 g/mol. The van der Waals surface area contributed by atoms with Gasteiger partial charge >= 0.3 is 0 Å². The van der Waals surface area contributed by atoms with Gasteiger partial charge in [-0.15, -0.1) is 0 Å². The van der Waals surface area contributed by atoms with E-state index >= 15 is 0 Å². The van der Waals surface area contributed by atoms with Crippen LogP contribution in [-0.4, -0.2) is 48.2 Å². The quantitative estimate of drug-likeness (QED) is 0.374. The van der Waals surface area contributed by atoms with Crippen LogP contribution in [0.25, 0.3) is 21.9 Å². The molecule has 2 N–H and O–H groups in total. The first-order chi connectivity index (χ1) is 16.0. The van der Waals surface area contributed by atoms with Crippen molar-refractivity contribution in [3.05, 3.63) is 59.7 Å². The summed E-state index contributed by atoms with van der Waals surface area (Å²) in [5, 5.41) is 6.02. The molecule has 1 saturated heterocycles. The summed E-state index contributed by atoms with van der Waals surface area (Å²) in [6.07, 6.45) is 5.58. The van der Waals surface area contributed by atoms with Crippen molar-refractivity contribution >= 4 is 45.3 Å². The number of amides is 1. The first-order valence-corrected chi connectivity index (χ1v) is 11.1. The molecule has 8 nitrogen and oxygen atoms in total. The summed E-state index contributed by atoms with van der Waals surface area (Å²) >= 11 is 6.52. The van der Waals surface area contributed by atoms with Crippen LogP contribution in [0.3, 0.4) is 0 Å². The number of carbonyl (C=O) groups is 1. The SMILES string of the molecule is C=CC(=O)N1CCC(n2nc(C#Cc3cc4ncn(CC)c4cc3Cl)c3c(N)nccc32)C1. The summed E-state index contributed by atoms with van der Waals surface area (Å²) in [4.78, 5) is 22.5. The first kappa shape index (κ1) is 21.0. The average Bonchev–Trinajstić information content (AvgIpc) is 3.54. The highest BCUT2D eigenvalue weighted by atomic mass is 35.5. The summed E-state index contributed by atoms with van der Waals surface area (Å²) in [5.41, 5.74) is 10.0. The molecule has 0 aliphatic carbocycles. The standard InChI is InChI=1S/C24H22ClN7O/c1-3-22(33)31-10-8-16(13-31)32-20-7-9-27-24(26)23(20)18(29-32)6-5-15-11-19-21(12-17(15)25)30(4-2)14-28-19/h3,7,9,11-12,14,16H,1,4,8,10,13H2,2H3,(H2,26,27). The van der Waals surface area contributed by atoms with Gasteiger partial charge in [-0.1, -0.05) is 24.1 Å². The lowest BCUT2D eigenvalue weighted by Crippen LogP contribution is -2.27. The molecule has 0 radical (unpaired) electrons. The molecule has 1 aliphatic rings. The highest BCUT2D eigenvalue weighted by Gasteiger charge is 2.29. The summed E-state index contributed by atoms with van der Waals surface area (Å²) in [5.74, 6) is 6.57. The summed E-state index contributed by atoms with van der Waals surface area (Å²) in [6.45, 7) is 7.65. The number of benzene rings is 1. The number of hydrogen-bond donors (Lipinski definition) is 1. The number of nitrogen functional groups attached to an aromatic ring is 1. The van der Waals surface area contributed by atoms with E-state index in [1.807, 2.05) is 27.4 Å². The second-order valence-corrected chi connectivity index (χ2v) is 8.32. The van der Waals surface area contributed by atoms with Gasteiger partial charge in [-0.2, -0.15) is 5.10 Å². The van der Waals surface area contributed by atoms with Gasteiger partial charge in [0.2, 0.25) is 5.91 Å². The highest BCUT2D eigenvalue weighted by Crippen LogP contribution is 2.30. The van der Waals surface area contributed by atoms with Crippen LogP contribution in [0, 0.1) is 11.8 Å². The fourth-order valence-electron chi connectivity index (χ4n) is 4.30. The lowest BCUT2D eigenvalue weighted by Gasteiger charge is -2.15. The van der Waals surface area contributed by atoms with Gasteiger partial charge in [0, 0.05) is 31.4 Å². The Hall–Kier alpha value is -3.83. The first-order valence-electron chi connectivity index (χ1n) is 10.7. The van der Waals surface area contributed by atoms with Gasteiger partial charge in [0.25, 0.3) is 0 Å². The van der Waals surface area contributed by atoms with Gasteiger partial charge in [0.15, 0.2) is 0 Å². The molecule has 0 saturated carbocycles. The fraction of sp³-hybridized carbons (Fsp3) is 0.250. The topological polar surface area (TPSA) is 94.9 Å². The predicted molar refractivity (Wildman–Crippen MR) is 129 cm³/mol. The smallest absolute Gasteiger partial charge is 0.246 e. The van der Waals surface area contributed by atoms with Crippen LogP contribution < -0.4 is 5.73 Å². The number of nitrogens with zero attached hydrogens (tertiary/aromatic N) is 6. The number of likely N-dealkylation sites (tertiary alicyclic amines) is 1. The van der Waals surface area contributed by atoms with E-state index in [0.29, 0.717) is 40.6 Å². The van der Waals surface area contributed by atoms with Crippen molar-refractivity contribution < 1.29 is 4.79 Å². The molecular formula is C24H22ClN7O. The minimum absolute atomic E-state index is 0.0201. The van der Waals surface area contributed by atoms with Crippen molar-refractivity contribution in [3.63, 3.8) is 0 Å². The minimum atomic E-state index is -0.0780. The largest absolute Gasteiger partial charge is 0.383 e. The zero-order chi connectivity index (χ0) is 23.1. The summed E-state index contributed by atoms with van der Waals surface area (Å²) < 4.78 is 3.93. The zero-order valence-electron chi connectivity index (χ0n) is 18.1. The Kier molecular flexibility index (Phi) is 5.27. The van der Waals surface area contributed by atoms with Gasteiger partial charge < -0.3 is 15.2 Å². The second-order valence-electron chi connectivity index (χ2n) is 7.92. The zero-order valence-corrected chi connectivity index (χ0v) is 18.9. The van der Waals surface area contributed by atoms with E-state index in [-0.39, 0.29) is 11.9 Å². The van der Waals surface area contributed by atoms with E-state index in [0.717, 1.165) is 29.5 Å². The molecule has 4 heterocycles. The predicted octanol–water partition coefficient (Wildman–Crippen LogP) is 3.40. The molecule has 3 aromatic heterocycles. The fourth-order valence-corrected chi connectivity index (χ4v) is 4.51. The molecular weight excluding hydrogens is 438 g/mol. The molecule has 1 aromatic carbocycles. The number of aromatic nitrogens is 5. The van der Waals surface area contributed by atoms with Crippen LogP contribution in [0.4, 0.5) is 5.82 Å². The van der Waals surface area contributed by atoms with Crippen LogP contribution in [0.1, 0.15) is 30.6 Å². The Balaban J connectivity index is 1.56. The molecule has 33 heavy (non-hydrogen) atoms. The van der Waals surface area contributed by atoms with E-state index in [2.05, 4.69) is 35.3 Å². The van der Waals surface area contributed by atoms with Crippen molar-refractivity contribution in [1.29, 1.82) is 0 Å². The molecule has 5 rings (SSSR count). The van der Waals surface area contributed by atoms with Crippen molar-refractivity contribution in [2.24, 2.45) is 0 Å². The van der Waals surface area contributed by atoms with Crippen molar-refractivity contribution in [2.45, 2.75) is 25.9 Å². The monoisotopic (exact) mass is 459 g/mol. The maximum Gasteiger partial charge on any atom is 0.246 e. The Labute approximate surface area is 195 Å². The lowest BCUT2D eigenvalue weighted by molar-refractivity contribution is -0.125. The van der Waals surface area contributed by atoms with E-state index < -0.39 is 0 Å². The number of anilines is 1. The maximum absolute atomic E-state index is 12.0. The molecule has 9 heteroatoms. The Bertz CT molecular complexity index is 1470. The summed E-state index contributed by atoms with van der Waals surface area (Å²) in [7, 11) is 0. The van der Waals surface area contributed by atoms with Crippen molar-refractivity contribution in [1.82, 2.24) is 29.2 Å². The molecule has 0 spiro atoms. The van der Waals surface area contributed by atoms with Crippen LogP contribution in [0.5, 0.6) is 0 Å². The number of carbonyl (C=O) groups excluding carboxylic acids is 1. The Morgan fingerprint density at radius 3 is 2.97 bits per heavy atom. The highest BCUT2D eigenvalue weighted by molar-refractivity contribution is 6.32. The van der Waals surface area contributed by atoms with Gasteiger partial charge in [0.1, 0.15) is 11.5 Å². The van der Waals surface area contributed by atoms with E-state index in [4.69, 9.17) is 22.4 Å². The number of aryl methyl sites for hydroxylation is 1. The third-order valence-corrected chi connectivity index (χ3v) is 6.32. The molecule has 1 unspecified atom stereocenters. The molecule has 1 fully saturated rings. The van der Waals surface area contributed by atoms with Gasteiger partial charge in [-0.05, 0) is 43.5 Å². The summed E-state index contributed by atoms with van der Waals surface area (Å²) in [6, 6.07) is 5.66. The van der Waals surface area contributed by atoms with Gasteiger partial charge in [-0.25, -0.2) is 9.97 Å². The normalized spacial score (nSPS) is 15.7. The van der Waals surface area contributed by atoms with Crippen LogP contribution in [0.15, 0.2) is 43.4 Å². The van der Waals surface area contributed by atoms with Crippen molar-refractivity contribution in [3.8, 4) is 11.8 Å². The van der Waals surface area contributed by atoms with Crippen LogP contribution in [-0.2, 0) is 11.3 Å². The third kappa shape index (κ3) is 3.60. The molecule has 4 aromatic rings. The van der Waals surface area contributed by atoms with Gasteiger partial charge in [-0.3, -0.25) is 9.48 Å². The van der Waals surface area contributed by atoms with Gasteiger partial charge in [0.05, 0.1) is 39.3 Å². The number of imidazole rings is 1. The lowest BCUT2D eigenvalue weighted by atomic mass is 10.1. The molecule has 1 amide bonds. The van der Waals surface area contributed by atoms with Crippen LogP contribution >= 0.6 is 11.6 Å². The molecule has 1 aliphatic heterocycles. The minimum Gasteiger partial charge on any atom is -0.383 e. The van der Waals surface area contributed by atoms with E-state index in [9.17, 15) is 4.79 Å². The third-order valence-electron chi connectivity index (χ3n) is 6.01. The van der Waals surface area contributed by atoms with Crippen LogP contribution in [0.2, 0.25) is 5.02 Å². The van der Waals surface area contributed by atoms with E-state index in [1.54, 1.807) is 17.4 Å². The number of rotatable bonds is 3. The number of halogens is 1. The number of fused-ring (bicyclic) bond motifs is 2. The number of pyridine rings is 1. The molecule has 1 atom stereocenters. The molecule has 0 bridgehead atoms. The Morgan fingerprint density at radius 2 is 2.18 bits per heavy atom.